The molecule has 0 aliphatic heterocycles. The number of aryl methyl sites for hydroxylation is 4. The van der Waals surface area contributed by atoms with E-state index in [4.69, 9.17) is 0 Å². The van der Waals surface area contributed by atoms with E-state index >= 15 is 0 Å². The summed E-state index contributed by atoms with van der Waals surface area (Å²) in [6, 6.07) is 49.3. The SMILES string of the molecule is Cc1cc(Nc2nc(NCCCCC(Nc3nc(Nc4ccc(N=Nc5ccc(N=Nc6ccc(S(=O)(=O)O)cc6)cc5S(=O)(=O)O)c(C)c4)nc(Nc4ccc(N=Nc5ccc(N=Nc6ccc(S(=O)(=O)O)cc6)cc5S(=O)(=O)O)c(C)c4)n3)C(=O)O)nc(Nc3ccc(N=Nc4ccc(N=Nc5ccc(S(=O)(=O)O)cc5)cc4S(=O)(=O)O)c(C)c3)n2)ccc1N=Nc1ccc(N=Nc2ccc(S(=O)(=O)O)cc2)cc1S(=O)(=O)O. The number of benzene rings is 12. The van der Waals surface area contributed by atoms with Gasteiger partial charge in [-0.3, -0.25) is 36.4 Å². The van der Waals surface area contributed by atoms with Crippen LogP contribution in [0.4, 0.5) is 149 Å². The summed E-state index contributed by atoms with van der Waals surface area (Å²) in [5, 5.41) is 94.3. The van der Waals surface area contributed by atoms with Gasteiger partial charge in [-0.25, -0.2) is 4.79 Å². The van der Waals surface area contributed by atoms with Crippen molar-refractivity contribution in [3.8, 4) is 0 Å². The molecular weight excluding hydrogens is 2120 g/mol. The maximum Gasteiger partial charge on any atom is 0.326 e. The van der Waals surface area contributed by atoms with Crippen molar-refractivity contribution in [2.75, 3.05) is 38.4 Å². The molecule has 54 nitrogen and oxygen atoms in total. The van der Waals surface area contributed by atoms with Gasteiger partial charge in [-0.05, 0) is 312 Å². The lowest BCUT2D eigenvalue weighted by Gasteiger charge is -2.17. The second-order valence-electron chi connectivity index (χ2n) is 31.6. The van der Waals surface area contributed by atoms with E-state index < -0.39 is 132 Å². The predicted molar refractivity (Wildman–Crippen MR) is 538 cm³/mol. The number of nitrogens with zero attached hydrogens (tertiary/aromatic N) is 22. The third-order valence-corrected chi connectivity index (χ3v) is 27.5. The number of azo groups is 8. The lowest BCUT2D eigenvalue weighted by Crippen LogP contribution is -2.30. The molecule has 150 heavy (non-hydrogen) atoms. The highest BCUT2D eigenvalue weighted by Crippen LogP contribution is 2.41. The van der Waals surface area contributed by atoms with Crippen LogP contribution in [0.15, 0.2) is 364 Å². The summed E-state index contributed by atoms with van der Waals surface area (Å²) in [5.74, 6) is -2.17. The molecule has 2 aromatic heterocycles. The minimum atomic E-state index is -4.99. The van der Waals surface area contributed by atoms with Crippen molar-refractivity contribution < 1.29 is 114 Å². The average Bonchev–Trinajstić information content (AvgIpc) is 0.813. The molecule has 0 saturated heterocycles. The number of carboxylic acids is 1. The molecule has 1 unspecified atom stereocenters. The number of carbonyl (C=O) groups is 1. The number of carboxylic acid groups (broad SMARTS) is 1. The van der Waals surface area contributed by atoms with Crippen molar-refractivity contribution in [1.29, 1.82) is 0 Å². The maximum absolute atomic E-state index is 13.3. The van der Waals surface area contributed by atoms with Gasteiger partial charge in [0, 0.05) is 29.3 Å². The van der Waals surface area contributed by atoms with Crippen molar-refractivity contribution in [2.45, 2.75) is 92.2 Å². The van der Waals surface area contributed by atoms with E-state index in [1.54, 1.807) is 64.1 Å². The topological polar surface area (TPSA) is 820 Å². The first-order valence-electron chi connectivity index (χ1n) is 42.6. The van der Waals surface area contributed by atoms with Crippen molar-refractivity contribution in [1.82, 2.24) is 29.9 Å². The number of aliphatic carboxylic acids is 1. The molecule has 0 fully saturated rings. The molecule has 0 aliphatic rings. The second kappa shape index (κ2) is 45.6. The molecule has 772 valence electrons. The Morgan fingerprint density at radius 1 is 0.247 bits per heavy atom. The van der Waals surface area contributed by atoms with Gasteiger partial charge < -0.3 is 37.0 Å². The number of unbranched alkanes of at least 4 members (excludes halogenated alkanes) is 1. The molecule has 62 heteroatoms. The Morgan fingerprint density at radius 2 is 0.453 bits per heavy atom. The molecule has 14 rings (SSSR count). The third-order valence-electron chi connectivity index (χ3n) is 20.5. The summed E-state index contributed by atoms with van der Waals surface area (Å²) in [5.41, 5.74) is 2.75. The summed E-state index contributed by atoms with van der Waals surface area (Å²) in [4.78, 5) is 36.3. The van der Waals surface area contributed by atoms with Crippen LogP contribution in [0.3, 0.4) is 0 Å². The quantitative estimate of drug-likeness (QED) is 0.00961. The smallest absolute Gasteiger partial charge is 0.326 e. The molecule has 1 atom stereocenters. The van der Waals surface area contributed by atoms with E-state index in [2.05, 4.69) is 144 Å². The second-order valence-corrected chi connectivity index (χ2v) is 42.8. The van der Waals surface area contributed by atoms with Gasteiger partial charge in [0.1, 0.15) is 48.4 Å². The van der Waals surface area contributed by atoms with Crippen LogP contribution >= 0.6 is 0 Å². The van der Waals surface area contributed by atoms with Gasteiger partial charge in [0.15, 0.2) is 0 Å². The van der Waals surface area contributed by atoms with E-state index in [1.807, 2.05) is 0 Å². The summed E-state index contributed by atoms with van der Waals surface area (Å²) in [6.07, 6.45) is 0.322. The molecule has 0 radical (unpaired) electrons. The Bertz CT molecular complexity index is 8440. The largest absolute Gasteiger partial charge is 0.480 e. The molecule has 0 spiro atoms. The Hall–Kier alpha value is -17.0. The van der Waals surface area contributed by atoms with Gasteiger partial charge in [-0.2, -0.15) is 159 Å². The van der Waals surface area contributed by atoms with Crippen LogP contribution in [0, 0.1) is 27.7 Å². The normalized spacial score (nSPS) is 12.9. The van der Waals surface area contributed by atoms with Crippen LogP contribution < -0.4 is 31.9 Å². The van der Waals surface area contributed by atoms with Crippen LogP contribution in [0.25, 0.3) is 0 Å². The maximum atomic E-state index is 13.3. The first kappa shape index (κ1) is 109. The van der Waals surface area contributed by atoms with Crippen molar-refractivity contribution in [3.63, 3.8) is 0 Å². The van der Waals surface area contributed by atoms with E-state index in [-0.39, 0.29) is 152 Å². The average molecular weight is 2200 g/mol. The monoisotopic (exact) mass is 2200 g/mol. The first-order valence-corrected chi connectivity index (χ1v) is 54.1. The molecule has 15 N–H and O–H groups in total. The predicted octanol–water partition coefficient (Wildman–Crippen LogP) is 21.7. The zero-order valence-corrected chi connectivity index (χ0v) is 83.6. The Kier molecular flexibility index (Phi) is 33.0. The summed E-state index contributed by atoms with van der Waals surface area (Å²) < 4.78 is 272. The van der Waals surface area contributed by atoms with Crippen LogP contribution in [-0.2, 0) is 85.7 Å². The fraction of sp³-hybridized carbons (Fsp3) is 0.102. The van der Waals surface area contributed by atoms with E-state index in [1.165, 1.54) is 133 Å². The number of aromatic nitrogens is 6. The Balaban J connectivity index is 0.707. The molecule has 2 heterocycles. The first-order chi connectivity index (χ1) is 70.7. The molecular formula is C88H76N28O26S8. The highest BCUT2D eigenvalue weighted by Gasteiger charge is 2.26. The van der Waals surface area contributed by atoms with Gasteiger partial charge >= 0.3 is 5.97 Å². The van der Waals surface area contributed by atoms with Crippen LogP contribution in [-0.4, -0.2) is 157 Å². The number of rotatable bonds is 41. The molecule has 0 amide bonds. The highest BCUT2D eigenvalue weighted by atomic mass is 32.2. The number of nitrogens with one attached hydrogen (secondary N) is 6. The van der Waals surface area contributed by atoms with Crippen molar-refractivity contribution >= 4 is 236 Å². The van der Waals surface area contributed by atoms with Crippen molar-refractivity contribution in [3.05, 3.63) is 265 Å². The zero-order chi connectivity index (χ0) is 108. The van der Waals surface area contributed by atoms with Crippen molar-refractivity contribution in [2.24, 2.45) is 81.8 Å². The van der Waals surface area contributed by atoms with Crippen LogP contribution in [0.2, 0.25) is 0 Å². The lowest BCUT2D eigenvalue weighted by atomic mass is 10.1. The van der Waals surface area contributed by atoms with Gasteiger partial charge in [0.2, 0.25) is 35.7 Å². The minimum absolute atomic E-state index is 0.0328. The van der Waals surface area contributed by atoms with E-state index in [9.17, 15) is 114 Å². The van der Waals surface area contributed by atoms with Gasteiger partial charge in [0.25, 0.3) is 80.9 Å². The van der Waals surface area contributed by atoms with Gasteiger partial charge in [-0.1, -0.05) is 0 Å². The standard InChI is InChI=1S/C88H76N28O26S8/c1-49-41-57(16-32-69(49)109-113-73-36-20-61(45-78(73)147(131,132)133)105-101-53-8-24-65(25-9-53)143(119,120)121)90-84-95-83(96-85(97-84)91-58-17-33-70(50(2)42-58)110-114-74-37-21-62(46-79(74)148(134,135)136)106-102-54-10-26-66(27-11-54)144(122,123)124)89-40-6-5-7-77(82(117)118)94-88-99-86(92-59-18-34-71(51(3)43-59)111-115-75-38-22-63(47-80(75)149(137,138)139)107-103-55-12-28-67(29-13-55)145(125,126)127)98-87(100-88)93-60-19-35-72(52(4)44-60)112-116-76-39-23-64(48-81(76)150(140,141)142)108-104-56-14-30-68(31-15-56)146(128,129)130/h8-39,41-48,77H,5-7,40H2,1-4H3,(H,117,118)(H,119,120,121)(H,122,123,124)(H,125,126,127)(H,128,129,130)(H,131,132,133)(H,134,135,136)(H,137,138,139)(H,140,141,142)(H3,89,90,91,95,96,97)(H3,92,93,94,98,99,100). The molecule has 14 aromatic rings. The summed E-state index contributed by atoms with van der Waals surface area (Å²) in [7, 11) is -38.0. The molecule has 0 saturated carbocycles. The Labute approximate surface area is 851 Å². The fourth-order valence-corrected chi connectivity index (χ4v) is 17.6. The summed E-state index contributed by atoms with van der Waals surface area (Å²) in [6.45, 7) is 6.61. The van der Waals surface area contributed by atoms with Crippen LogP contribution in [0.1, 0.15) is 41.5 Å². The van der Waals surface area contributed by atoms with Gasteiger partial charge in [0.05, 0.1) is 87.8 Å². The fourth-order valence-electron chi connectivity index (χ4n) is 13.2. The highest BCUT2D eigenvalue weighted by molar-refractivity contribution is 7.87. The third kappa shape index (κ3) is 30.2. The zero-order valence-electron chi connectivity index (χ0n) is 77.1. The van der Waals surface area contributed by atoms with E-state index in [0.717, 1.165) is 72.8 Å². The Morgan fingerprint density at radius 3 is 0.673 bits per heavy atom. The lowest BCUT2D eigenvalue weighted by molar-refractivity contribution is -0.138. The molecule has 0 bridgehead atoms. The van der Waals surface area contributed by atoms with Crippen LogP contribution in [0.5, 0.6) is 0 Å². The van der Waals surface area contributed by atoms with E-state index in [0.29, 0.717) is 45.0 Å². The molecule has 12 aromatic carbocycles. The van der Waals surface area contributed by atoms with Gasteiger partial charge in [-0.15, -0.1) is 20.5 Å². The minimum Gasteiger partial charge on any atom is -0.480 e. The molecule has 0 aliphatic carbocycles. The number of anilines is 10. The number of hydrogen-bond donors (Lipinski definition) is 15. The summed E-state index contributed by atoms with van der Waals surface area (Å²) >= 11 is 0. The number of hydrogen-bond acceptors (Lipinski definition) is 45.